The molecule has 0 aliphatic carbocycles. The van der Waals surface area contributed by atoms with E-state index in [1.807, 2.05) is 12.1 Å². The Bertz CT molecular complexity index is 1100. The Labute approximate surface area is 160 Å². The van der Waals surface area contributed by atoms with Gasteiger partial charge in [-0.1, -0.05) is 12.1 Å². The molecule has 1 N–H and O–H groups in total. The fourth-order valence-electron chi connectivity index (χ4n) is 3.42. The van der Waals surface area contributed by atoms with E-state index in [9.17, 15) is 14.4 Å². The highest BCUT2D eigenvalue weighted by Crippen LogP contribution is 2.30. The molecule has 1 saturated heterocycles. The smallest absolute Gasteiger partial charge is 0.235 e. The molecule has 7 nitrogen and oxygen atoms in total. The lowest BCUT2D eigenvalue weighted by molar-refractivity contribution is -0.128. The number of fused-ring (bicyclic) bond motifs is 1. The van der Waals surface area contributed by atoms with Crippen LogP contribution in [-0.2, 0) is 4.79 Å². The molecule has 0 saturated carbocycles. The van der Waals surface area contributed by atoms with Crippen molar-refractivity contribution in [3.05, 3.63) is 41.9 Å². The molecule has 1 fully saturated rings. The van der Waals surface area contributed by atoms with Crippen LogP contribution in [0, 0.1) is 18.3 Å². The molecular weight excluding hydrogens is 361 g/mol. The number of carbonyl (C=O) groups excluding carboxylic acids is 1. The standard InChI is InChI=1S/C20H18FN5O2/c1-11-20(28-18-10-26(12(2)27)9-16(18)21)24-8-17(25-11)15-7-23-19-13(6-22)4-3-5-14(15)19/h3-5,7-8,16,18,23H,9-10H2,1-2H3/t16-,18?/m0/s1. The number of nitriles is 1. The average molecular weight is 379 g/mol. The summed E-state index contributed by atoms with van der Waals surface area (Å²) in [7, 11) is 0. The summed E-state index contributed by atoms with van der Waals surface area (Å²) in [6, 6.07) is 7.63. The summed E-state index contributed by atoms with van der Waals surface area (Å²) in [5.74, 6) is 0.0716. The number of ether oxygens (including phenoxy) is 1. The Hall–Kier alpha value is -3.47. The van der Waals surface area contributed by atoms with Gasteiger partial charge < -0.3 is 14.6 Å². The molecule has 142 valence electrons. The van der Waals surface area contributed by atoms with Crippen LogP contribution < -0.4 is 4.74 Å². The van der Waals surface area contributed by atoms with Crippen LogP contribution in [0.1, 0.15) is 18.2 Å². The first-order valence-electron chi connectivity index (χ1n) is 8.88. The number of aryl methyl sites for hydroxylation is 1. The summed E-state index contributed by atoms with van der Waals surface area (Å²) in [6.07, 6.45) is 1.33. The van der Waals surface area contributed by atoms with Gasteiger partial charge in [0, 0.05) is 24.1 Å². The fourth-order valence-corrected chi connectivity index (χ4v) is 3.42. The number of nitrogens with zero attached hydrogens (tertiary/aromatic N) is 4. The number of carbonyl (C=O) groups is 1. The monoisotopic (exact) mass is 379 g/mol. The first-order valence-corrected chi connectivity index (χ1v) is 8.88. The predicted molar refractivity (Wildman–Crippen MR) is 100 cm³/mol. The van der Waals surface area contributed by atoms with Crippen LogP contribution >= 0.6 is 0 Å². The van der Waals surface area contributed by atoms with Gasteiger partial charge in [0.25, 0.3) is 0 Å². The van der Waals surface area contributed by atoms with Crippen molar-refractivity contribution in [3.63, 3.8) is 0 Å². The van der Waals surface area contributed by atoms with Crippen LogP contribution in [0.15, 0.2) is 30.6 Å². The summed E-state index contributed by atoms with van der Waals surface area (Å²) >= 11 is 0. The molecule has 3 aromatic rings. The van der Waals surface area contributed by atoms with E-state index >= 15 is 0 Å². The van der Waals surface area contributed by atoms with Gasteiger partial charge in [-0.05, 0) is 13.0 Å². The molecule has 1 unspecified atom stereocenters. The number of benzene rings is 1. The quantitative estimate of drug-likeness (QED) is 0.755. The maximum absolute atomic E-state index is 14.2. The minimum Gasteiger partial charge on any atom is -0.468 e. The van der Waals surface area contributed by atoms with E-state index in [0.29, 0.717) is 17.0 Å². The number of H-pyrrole nitrogens is 1. The van der Waals surface area contributed by atoms with E-state index in [-0.39, 0.29) is 24.9 Å². The molecular formula is C20H18FN5O2. The molecule has 1 aliphatic rings. The molecule has 2 atom stereocenters. The lowest BCUT2D eigenvalue weighted by atomic mass is 10.1. The molecule has 3 heterocycles. The molecule has 2 aromatic heterocycles. The summed E-state index contributed by atoms with van der Waals surface area (Å²) in [5.41, 5.74) is 3.27. The van der Waals surface area contributed by atoms with Crippen molar-refractivity contribution in [3.8, 4) is 23.2 Å². The third-order valence-electron chi connectivity index (χ3n) is 4.92. The van der Waals surface area contributed by atoms with Gasteiger partial charge in [-0.3, -0.25) is 4.79 Å². The molecule has 0 spiro atoms. The number of aromatic amines is 1. The Kier molecular flexibility index (Phi) is 4.43. The minimum absolute atomic E-state index is 0.0289. The summed E-state index contributed by atoms with van der Waals surface area (Å²) in [4.78, 5) is 24.8. The maximum atomic E-state index is 14.2. The Morgan fingerprint density at radius 1 is 1.43 bits per heavy atom. The Balaban J connectivity index is 1.61. The van der Waals surface area contributed by atoms with E-state index in [0.717, 1.165) is 16.5 Å². The fraction of sp³-hybridized carbons (Fsp3) is 0.300. The number of amides is 1. The van der Waals surface area contributed by atoms with E-state index < -0.39 is 12.3 Å². The second-order valence-corrected chi connectivity index (χ2v) is 6.78. The average Bonchev–Trinajstić information content (AvgIpc) is 3.27. The van der Waals surface area contributed by atoms with Gasteiger partial charge in [0.15, 0.2) is 12.3 Å². The zero-order chi connectivity index (χ0) is 19.8. The third kappa shape index (κ3) is 3.05. The van der Waals surface area contributed by atoms with Gasteiger partial charge in [0.2, 0.25) is 11.8 Å². The van der Waals surface area contributed by atoms with E-state index in [4.69, 9.17) is 4.74 Å². The van der Waals surface area contributed by atoms with Crippen molar-refractivity contribution < 1.29 is 13.9 Å². The second kappa shape index (κ2) is 6.93. The largest absolute Gasteiger partial charge is 0.468 e. The molecule has 0 bridgehead atoms. The number of para-hydroxylation sites is 1. The van der Waals surface area contributed by atoms with Crippen LogP contribution in [-0.4, -0.2) is 51.1 Å². The summed E-state index contributed by atoms with van der Waals surface area (Å²) in [6.45, 7) is 3.38. The van der Waals surface area contributed by atoms with Gasteiger partial charge in [0.05, 0.1) is 36.1 Å². The molecule has 1 aliphatic heterocycles. The molecule has 1 amide bonds. The number of hydrogen-bond acceptors (Lipinski definition) is 5. The zero-order valence-corrected chi connectivity index (χ0v) is 15.4. The van der Waals surface area contributed by atoms with E-state index in [2.05, 4.69) is 21.0 Å². The highest BCUT2D eigenvalue weighted by atomic mass is 19.1. The van der Waals surface area contributed by atoms with Gasteiger partial charge in [-0.25, -0.2) is 14.4 Å². The molecule has 4 rings (SSSR count). The summed E-state index contributed by atoms with van der Waals surface area (Å²) in [5, 5.41) is 10.1. The van der Waals surface area contributed by atoms with Crippen LogP contribution in [0.3, 0.4) is 0 Å². The Morgan fingerprint density at radius 2 is 2.25 bits per heavy atom. The van der Waals surface area contributed by atoms with Gasteiger partial charge in [-0.2, -0.15) is 5.26 Å². The van der Waals surface area contributed by atoms with Crippen molar-refractivity contribution in [1.29, 1.82) is 5.26 Å². The lowest BCUT2D eigenvalue weighted by Crippen LogP contribution is -2.29. The number of alkyl halides is 1. The highest BCUT2D eigenvalue weighted by molar-refractivity contribution is 5.97. The van der Waals surface area contributed by atoms with Crippen LogP contribution in [0.2, 0.25) is 0 Å². The van der Waals surface area contributed by atoms with Crippen LogP contribution in [0.5, 0.6) is 5.88 Å². The normalized spacial score (nSPS) is 19.0. The van der Waals surface area contributed by atoms with Crippen LogP contribution in [0.25, 0.3) is 22.2 Å². The summed E-state index contributed by atoms with van der Waals surface area (Å²) < 4.78 is 19.9. The minimum atomic E-state index is -1.26. The number of halogens is 1. The van der Waals surface area contributed by atoms with Crippen LogP contribution in [0.4, 0.5) is 4.39 Å². The molecule has 8 heteroatoms. The van der Waals surface area contributed by atoms with E-state index in [1.54, 1.807) is 25.4 Å². The molecule has 28 heavy (non-hydrogen) atoms. The number of hydrogen-bond donors (Lipinski definition) is 1. The lowest BCUT2D eigenvalue weighted by Gasteiger charge is -2.16. The highest BCUT2D eigenvalue weighted by Gasteiger charge is 2.36. The van der Waals surface area contributed by atoms with Gasteiger partial charge in [-0.15, -0.1) is 0 Å². The van der Waals surface area contributed by atoms with Gasteiger partial charge in [0.1, 0.15) is 11.8 Å². The maximum Gasteiger partial charge on any atom is 0.235 e. The van der Waals surface area contributed by atoms with Crippen molar-refractivity contribution in [1.82, 2.24) is 19.9 Å². The first-order chi connectivity index (χ1) is 13.5. The van der Waals surface area contributed by atoms with Crippen molar-refractivity contribution >= 4 is 16.8 Å². The predicted octanol–water partition coefficient (Wildman–Crippen LogP) is 2.75. The van der Waals surface area contributed by atoms with Crippen molar-refractivity contribution in [2.24, 2.45) is 0 Å². The second-order valence-electron chi connectivity index (χ2n) is 6.78. The van der Waals surface area contributed by atoms with Crippen molar-refractivity contribution in [2.75, 3.05) is 13.1 Å². The molecule has 1 aromatic carbocycles. The number of likely N-dealkylation sites (tertiary alicyclic amines) is 1. The van der Waals surface area contributed by atoms with Gasteiger partial charge >= 0.3 is 0 Å². The van der Waals surface area contributed by atoms with Crippen molar-refractivity contribution in [2.45, 2.75) is 26.1 Å². The SMILES string of the molecule is CC(=O)N1CC(Oc2ncc(-c3c[nH]c4c(C#N)cccc34)nc2C)[C@@H](F)C1. The first kappa shape index (κ1) is 17.9. The molecule has 0 radical (unpaired) electrons. The number of rotatable bonds is 3. The Morgan fingerprint density at radius 3 is 2.93 bits per heavy atom. The zero-order valence-electron chi connectivity index (χ0n) is 15.4. The topological polar surface area (TPSA) is 94.9 Å². The van der Waals surface area contributed by atoms with E-state index in [1.165, 1.54) is 11.8 Å². The number of nitrogens with one attached hydrogen (secondary N) is 1. The third-order valence-corrected chi connectivity index (χ3v) is 4.92. The number of aromatic nitrogens is 3.